The number of benzene rings is 11. The molecule has 0 unspecified atom stereocenters. The molecule has 0 atom stereocenters. The molecule has 13 aromatic carbocycles. The lowest BCUT2D eigenvalue weighted by atomic mass is 9.87. The summed E-state index contributed by atoms with van der Waals surface area (Å²) >= 11 is 0. The molecular formula is C72H60N2O2. The Hall–Kier alpha value is -8.86. The van der Waals surface area contributed by atoms with Gasteiger partial charge in [0.15, 0.2) is 0 Å². The van der Waals surface area contributed by atoms with E-state index in [1.54, 1.807) is 14.2 Å². The second kappa shape index (κ2) is 19.8. The van der Waals surface area contributed by atoms with Crippen LogP contribution in [0.2, 0.25) is 0 Å². The Morgan fingerprint density at radius 2 is 0.632 bits per heavy atom. The third-order valence-corrected chi connectivity index (χ3v) is 15.9. The Labute approximate surface area is 445 Å². The van der Waals surface area contributed by atoms with E-state index in [-0.39, 0.29) is 0 Å². The van der Waals surface area contributed by atoms with Crippen molar-refractivity contribution in [1.29, 1.82) is 0 Å². The number of ether oxygens (including phenoxy) is 2. The molecule has 0 radical (unpaired) electrons. The smallest absolute Gasteiger partial charge is 0.119 e. The van der Waals surface area contributed by atoms with Gasteiger partial charge in [-0.1, -0.05) is 160 Å². The molecule has 0 bridgehead atoms. The molecule has 0 aliphatic carbocycles. The maximum absolute atomic E-state index is 5.68. The quantitative estimate of drug-likeness (QED) is 0.0963. The van der Waals surface area contributed by atoms with Crippen LogP contribution in [0, 0.1) is 0 Å². The second-order valence-corrected chi connectivity index (χ2v) is 20.3. The van der Waals surface area contributed by atoms with Crippen molar-refractivity contribution in [3.63, 3.8) is 0 Å². The molecule has 4 nitrogen and oxygen atoms in total. The van der Waals surface area contributed by atoms with Crippen LogP contribution in [0.3, 0.4) is 0 Å². The van der Waals surface area contributed by atoms with Gasteiger partial charge in [-0.25, -0.2) is 0 Å². The van der Waals surface area contributed by atoms with Crippen LogP contribution in [0.4, 0.5) is 34.1 Å². The average molecular weight is 985 g/mol. The summed E-state index contributed by atoms with van der Waals surface area (Å²) in [5.74, 6) is 1.67. The van der Waals surface area contributed by atoms with Crippen molar-refractivity contribution in [2.45, 2.75) is 52.4 Å². The van der Waals surface area contributed by atoms with E-state index in [9.17, 15) is 0 Å². The molecule has 0 saturated carbocycles. The predicted octanol–water partition coefficient (Wildman–Crippen LogP) is 20.5. The summed E-state index contributed by atoms with van der Waals surface area (Å²) in [6, 6.07) is 81.2. The lowest BCUT2D eigenvalue weighted by molar-refractivity contribution is 0.414. The van der Waals surface area contributed by atoms with E-state index in [0.717, 1.165) is 58.5 Å². The fourth-order valence-corrected chi connectivity index (χ4v) is 12.3. The van der Waals surface area contributed by atoms with Gasteiger partial charge in [-0.2, -0.15) is 0 Å². The number of anilines is 6. The first kappa shape index (κ1) is 46.9. The summed E-state index contributed by atoms with van der Waals surface area (Å²) in [6.45, 7) is 4.52. The predicted molar refractivity (Wildman–Crippen MR) is 324 cm³/mol. The van der Waals surface area contributed by atoms with Crippen LogP contribution in [-0.4, -0.2) is 14.2 Å². The number of aryl methyl sites for hydroxylation is 2. The first-order chi connectivity index (χ1) is 37.6. The van der Waals surface area contributed by atoms with Gasteiger partial charge in [0.1, 0.15) is 11.5 Å². The molecule has 0 fully saturated rings. The number of methoxy groups -OCH3 is 2. The lowest BCUT2D eigenvalue weighted by Gasteiger charge is -2.27. The highest BCUT2D eigenvalue weighted by Gasteiger charge is 2.30. The Morgan fingerprint density at radius 1 is 0.303 bits per heavy atom. The van der Waals surface area contributed by atoms with Gasteiger partial charge in [0.2, 0.25) is 0 Å². The second-order valence-electron chi connectivity index (χ2n) is 20.3. The van der Waals surface area contributed by atoms with Crippen molar-refractivity contribution in [3.05, 3.63) is 230 Å². The molecule has 0 aliphatic rings. The highest BCUT2D eigenvalue weighted by atomic mass is 16.5. The normalized spacial score (nSPS) is 11.7. The monoisotopic (exact) mass is 984 g/mol. The maximum atomic E-state index is 5.68. The number of hydrogen-bond acceptors (Lipinski definition) is 4. The summed E-state index contributed by atoms with van der Waals surface area (Å²) in [7, 11) is 3.46. The van der Waals surface area contributed by atoms with Crippen LogP contribution in [0.1, 0.15) is 50.7 Å². The maximum Gasteiger partial charge on any atom is 0.119 e. The minimum Gasteiger partial charge on any atom is -0.497 e. The summed E-state index contributed by atoms with van der Waals surface area (Å²) in [4.78, 5) is 4.85. The third kappa shape index (κ3) is 7.82. The van der Waals surface area contributed by atoms with Crippen molar-refractivity contribution < 1.29 is 9.47 Å². The standard InChI is InChI=1S/C72H60N2O2/c1-5-7-17-47-27-31-51(32-28-47)73(53-35-39-55(75-3)40-36-53)63-45-43-61-67-57(63)23-15-25-59(67)69-65(49-19-11-9-12-20-49)70-60-26-16-24-58-64(46-44-62(68(58)60)72(70)66(71(61)69)50-21-13-10-14-22-50)74(54-37-41-56(76-4)42-38-54)52-33-29-48(30-34-52)18-8-6-2/h9-16,19-46H,5-8,17-18H2,1-4H3. The summed E-state index contributed by atoms with van der Waals surface area (Å²) in [5, 5.41) is 15.1. The Morgan fingerprint density at radius 3 is 0.974 bits per heavy atom. The van der Waals surface area contributed by atoms with Crippen molar-refractivity contribution >= 4 is 98.8 Å². The van der Waals surface area contributed by atoms with Gasteiger partial charge in [-0.15, -0.1) is 0 Å². The molecule has 0 amide bonds. The zero-order valence-corrected chi connectivity index (χ0v) is 43.7. The van der Waals surface area contributed by atoms with Crippen LogP contribution in [0.15, 0.2) is 218 Å². The summed E-state index contributed by atoms with van der Waals surface area (Å²) < 4.78 is 11.4. The summed E-state index contributed by atoms with van der Waals surface area (Å²) in [6.07, 6.45) is 6.85. The van der Waals surface area contributed by atoms with Crippen molar-refractivity contribution in [1.82, 2.24) is 0 Å². The highest BCUT2D eigenvalue weighted by molar-refractivity contribution is 6.47. The first-order valence-corrected chi connectivity index (χ1v) is 27.1. The van der Waals surface area contributed by atoms with E-state index in [1.165, 1.54) is 124 Å². The fourth-order valence-electron chi connectivity index (χ4n) is 12.3. The molecular weight excluding hydrogens is 925 g/mol. The van der Waals surface area contributed by atoms with E-state index in [2.05, 4.69) is 242 Å². The number of unbranched alkanes of at least 4 members (excludes halogenated alkanes) is 2. The largest absolute Gasteiger partial charge is 0.497 e. The van der Waals surface area contributed by atoms with Gasteiger partial charge >= 0.3 is 0 Å². The first-order valence-electron chi connectivity index (χ1n) is 27.1. The van der Waals surface area contributed by atoms with Gasteiger partial charge < -0.3 is 19.3 Å². The topological polar surface area (TPSA) is 24.9 Å². The average Bonchev–Trinajstić information content (AvgIpc) is 4.11. The van der Waals surface area contributed by atoms with Crippen LogP contribution in [0.25, 0.3) is 86.9 Å². The van der Waals surface area contributed by atoms with E-state index >= 15 is 0 Å². The number of rotatable bonds is 16. The van der Waals surface area contributed by atoms with Gasteiger partial charge in [-0.05, 0) is 198 Å². The van der Waals surface area contributed by atoms with E-state index in [0.29, 0.717) is 0 Å². The molecule has 0 spiro atoms. The fraction of sp³-hybridized carbons (Fsp3) is 0.139. The number of fused-ring (bicyclic) bond motifs is 6. The van der Waals surface area contributed by atoms with E-state index in [4.69, 9.17) is 9.47 Å². The van der Waals surface area contributed by atoms with Crippen LogP contribution >= 0.6 is 0 Å². The highest BCUT2D eigenvalue weighted by Crippen LogP contribution is 2.57. The van der Waals surface area contributed by atoms with Gasteiger partial charge in [0.05, 0.1) is 25.6 Å². The van der Waals surface area contributed by atoms with Gasteiger partial charge in [0, 0.05) is 33.5 Å². The Balaban J connectivity index is 1.12. The molecule has 13 rings (SSSR count). The van der Waals surface area contributed by atoms with Crippen molar-refractivity contribution in [2.24, 2.45) is 0 Å². The van der Waals surface area contributed by atoms with E-state index in [1.807, 2.05) is 0 Å². The van der Waals surface area contributed by atoms with Crippen molar-refractivity contribution in [3.8, 4) is 33.8 Å². The van der Waals surface area contributed by atoms with Crippen LogP contribution in [-0.2, 0) is 12.8 Å². The number of hydrogen-bond donors (Lipinski definition) is 0. The van der Waals surface area contributed by atoms with Gasteiger partial charge in [0.25, 0.3) is 0 Å². The molecule has 0 heterocycles. The third-order valence-electron chi connectivity index (χ3n) is 15.9. The molecule has 370 valence electrons. The van der Waals surface area contributed by atoms with Crippen LogP contribution in [0.5, 0.6) is 11.5 Å². The lowest BCUT2D eigenvalue weighted by Crippen LogP contribution is -2.10. The Bertz CT molecular complexity index is 3840. The number of nitrogens with zero attached hydrogens (tertiary/aromatic N) is 2. The SMILES string of the molecule is CCCCc1ccc(N(c2ccc(OC)cc2)c2ccc3c4c(-c5ccccc5)c5c6ccc(N(c7ccc(CCCC)cc7)c7ccc(OC)cc7)c7cccc(c5c(-c5ccccc5)c4c4cccc2c43)c76)cc1. The molecule has 4 heteroatoms. The van der Waals surface area contributed by atoms with Crippen LogP contribution < -0.4 is 19.3 Å². The molecule has 13 aromatic rings. The minimum atomic E-state index is 0.833. The molecule has 76 heavy (non-hydrogen) atoms. The zero-order chi connectivity index (χ0) is 51.3. The zero-order valence-electron chi connectivity index (χ0n) is 43.7. The summed E-state index contributed by atoms with van der Waals surface area (Å²) in [5.41, 5.74) is 14.3. The van der Waals surface area contributed by atoms with E-state index < -0.39 is 0 Å². The molecule has 0 N–H and O–H groups in total. The molecule has 0 saturated heterocycles. The van der Waals surface area contributed by atoms with Gasteiger partial charge in [-0.3, -0.25) is 0 Å². The molecule has 0 aliphatic heterocycles. The Kier molecular flexibility index (Phi) is 12.2. The van der Waals surface area contributed by atoms with Crippen molar-refractivity contribution in [2.75, 3.05) is 24.0 Å². The minimum absolute atomic E-state index is 0.833. The molecule has 0 aromatic heterocycles.